The van der Waals surface area contributed by atoms with Crippen LogP contribution in [0.3, 0.4) is 0 Å². The van der Waals surface area contributed by atoms with Crippen LogP contribution in [-0.2, 0) is 6.54 Å². The summed E-state index contributed by atoms with van der Waals surface area (Å²) in [5, 5.41) is 0. The molecule has 2 aliphatic rings. The van der Waals surface area contributed by atoms with Crippen LogP contribution in [0.25, 0.3) is 0 Å². The van der Waals surface area contributed by atoms with Crippen molar-refractivity contribution in [2.24, 2.45) is 5.92 Å². The fourth-order valence-corrected chi connectivity index (χ4v) is 3.84. The average molecular weight is 315 g/mol. The van der Waals surface area contributed by atoms with E-state index in [4.69, 9.17) is 0 Å². The molecular weight excluding hydrogens is 291 g/mol. The van der Waals surface area contributed by atoms with Crippen LogP contribution in [0.5, 0.6) is 0 Å². The van der Waals surface area contributed by atoms with E-state index in [0.29, 0.717) is 19.0 Å². The lowest BCUT2D eigenvalue weighted by molar-refractivity contribution is -0.187. The number of rotatable bonds is 3. The van der Waals surface area contributed by atoms with Crippen molar-refractivity contribution < 1.29 is 13.2 Å². The third kappa shape index (κ3) is 3.65. The number of hydrogen-bond donors (Lipinski definition) is 0. The van der Waals surface area contributed by atoms with Gasteiger partial charge in [-0.1, -0.05) is 19.3 Å². The maximum Gasteiger partial charge on any atom is 0.393 e. The topological polar surface area (TPSA) is 21.1 Å². The second kappa shape index (κ2) is 6.60. The highest BCUT2D eigenvalue weighted by Gasteiger charge is 2.41. The van der Waals surface area contributed by atoms with Crippen LogP contribution in [0.1, 0.15) is 56.7 Å². The van der Waals surface area contributed by atoms with Gasteiger partial charge in [0.05, 0.1) is 17.9 Å². The predicted octanol–water partition coefficient (Wildman–Crippen LogP) is 4.16. The molecule has 1 saturated carbocycles. The van der Waals surface area contributed by atoms with Crippen molar-refractivity contribution >= 4 is 0 Å². The highest BCUT2D eigenvalue weighted by molar-refractivity contribution is 5.01. The lowest BCUT2D eigenvalue weighted by atomic mass is 9.95. The Balaban J connectivity index is 1.64. The van der Waals surface area contributed by atoms with Crippen molar-refractivity contribution in [1.29, 1.82) is 0 Å². The Morgan fingerprint density at radius 1 is 1.09 bits per heavy atom. The van der Waals surface area contributed by atoms with Gasteiger partial charge in [0.25, 0.3) is 0 Å². The maximum atomic E-state index is 12.9. The molecule has 1 atom stereocenters. The van der Waals surface area contributed by atoms with Crippen LogP contribution in [0.15, 0.2) is 12.5 Å². The molecule has 6 heteroatoms. The zero-order chi connectivity index (χ0) is 15.6. The molecule has 0 spiro atoms. The van der Waals surface area contributed by atoms with Crippen LogP contribution >= 0.6 is 0 Å². The molecule has 0 radical (unpaired) electrons. The van der Waals surface area contributed by atoms with Gasteiger partial charge in [0.2, 0.25) is 0 Å². The predicted molar refractivity (Wildman–Crippen MR) is 78.4 cm³/mol. The number of aromatic nitrogens is 2. The molecule has 3 rings (SSSR count). The van der Waals surface area contributed by atoms with E-state index in [-0.39, 0.29) is 13.0 Å². The van der Waals surface area contributed by atoms with Gasteiger partial charge in [-0.3, -0.25) is 4.90 Å². The fourth-order valence-electron chi connectivity index (χ4n) is 3.84. The van der Waals surface area contributed by atoms with Gasteiger partial charge in [-0.15, -0.1) is 0 Å². The second-order valence-corrected chi connectivity index (χ2v) is 6.70. The van der Waals surface area contributed by atoms with Crippen LogP contribution in [0, 0.1) is 5.92 Å². The van der Waals surface area contributed by atoms with Gasteiger partial charge in [0, 0.05) is 25.3 Å². The first-order valence-corrected chi connectivity index (χ1v) is 8.34. The summed E-state index contributed by atoms with van der Waals surface area (Å²) in [6, 6.07) is 0.481. The van der Waals surface area contributed by atoms with Crippen molar-refractivity contribution in [2.45, 2.75) is 63.7 Å². The normalized spacial score (nSPS) is 25.5. The zero-order valence-corrected chi connectivity index (χ0v) is 12.9. The van der Waals surface area contributed by atoms with E-state index in [9.17, 15) is 13.2 Å². The number of nitrogens with zero attached hydrogens (tertiary/aromatic N) is 3. The largest absolute Gasteiger partial charge is 0.393 e. The third-order valence-electron chi connectivity index (χ3n) is 5.07. The van der Waals surface area contributed by atoms with Crippen molar-refractivity contribution in [3.8, 4) is 0 Å². The molecular formula is C16H24F3N3. The van der Waals surface area contributed by atoms with Gasteiger partial charge in [-0.25, -0.2) is 4.98 Å². The quantitative estimate of drug-likeness (QED) is 0.835. The van der Waals surface area contributed by atoms with Gasteiger partial charge >= 0.3 is 6.18 Å². The van der Waals surface area contributed by atoms with Gasteiger partial charge in [0.1, 0.15) is 0 Å². The van der Waals surface area contributed by atoms with Crippen LogP contribution in [-0.4, -0.2) is 33.7 Å². The molecule has 1 aliphatic heterocycles. The molecule has 0 aromatic carbocycles. The number of likely N-dealkylation sites (tertiary alicyclic amines) is 1. The average Bonchev–Trinajstić information content (AvgIpc) is 2.96. The van der Waals surface area contributed by atoms with Gasteiger partial charge in [0.15, 0.2) is 0 Å². The first kappa shape index (κ1) is 15.8. The molecule has 1 aliphatic carbocycles. The van der Waals surface area contributed by atoms with Gasteiger partial charge < -0.3 is 4.57 Å². The van der Waals surface area contributed by atoms with Crippen molar-refractivity contribution in [2.75, 3.05) is 13.1 Å². The molecule has 2 fully saturated rings. The lowest BCUT2D eigenvalue weighted by Gasteiger charge is -2.34. The van der Waals surface area contributed by atoms with Crippen LogP contribution < -0.4 is 0 Å². The minimum absolute atomic E-state index is 0.124. The van der Waals surface area contributed by atoms with Gasteiger partial charge in [-0.05, 0) is 32.2 Å². The van der Waals surface area contributed by atoms with Crippen LogP contribution in [0.4, 0.5) is 13.2 Å². The van der Waals surface area contributed by atoms with Gasteiger partial charge in [-0.2, -0.15) is 13.2 Å². The number of hydrogen-bond acceptors (Lipinski definition) is 2. The smallest absolute Gasteiger partial charge is 0.330 e. The lowest BCUT2D eigenvalue weighted by Crippen LogP contribution is -2.41. The molecule has 124 valence electrons. The molecule has 22 heavy (non-hydrogen) atoms. The van der Waals surface area contributed by atoms with E-state index in [1.165, 1.54) is 19.3 Å². The summed E-state index contributed by atoms with van der Waals surface area (Å²) in [6.45, 7) is 1.46. The minimum Gasteiger partial charge on any atom is -0.330 e. The molecule has 1 unspecified atom stereocenters. The van der Waals surface area contributed by atoms with E-state index in [0.717, 1.165) is 25.1 Å². The maximum absolute atomic E-state index is 12.9. The Morgan fingerprint density at radius 2 is 1.86 bits per heavy atom. The highest BCUT2D eigenvalue weighted by Crippen LogP contribution is 2.34. The van der Waals surface area contributed by atoms with E-state index in [2.05, 4.69) is 9.55 Å². The monoisotopic (exact) mass is 315 g/mol. The summed E-state index contributed by atoms with van der Waals surface area (Å²) in [4.78, 5) is 6.19. The standard InChI is InChI=1S/C16H24F3N3/c17-16(18,19)13-5-4-8-21(10-13)11-15-9-20-12-22(15)14-6-2-1-3-7-14/h9,12-14H,1-8,10-11H2. The highest BCUT2D eigenvalue weighted by atomic mass is 19.4. The zero-order valence-electron chi connectivity index (χ0n) is 12.9. The first-order chi connectivity index (χ1) is 10.5. The van der Waals surface area contributed by atoms with Crippen molar-refractivity contribution in [1.82, 2.24) is 14.5 Å². The summed E-state index contributed by atoms with van der Waals surface area (Å²) < 4.78 is 41.0. The Hall–Kier alpha value is -1.04. The number of halogens is 3. The molecule has 1 aromatic rings. The molecule has 2 heterocycles. The summed E-state index contributed by atoms with van der Waals surface area (Å²) >= 11 is 0. The van der Waals surface area contributed by atoms with E-state index < -0.39 is 12.1 Å². The Kier molecular flexibility index (Phi) is 4.76. The SMILES string of the molecule is FC(F)(F)C1CCCN(Cc2cncn2C2CCCCC2)C1. The van der Waals surface area contributed by atoms with Crippen molar-refractivity contribution in [3.05, 3.63) is 18.2 Å². The second-order valence-electron chi connectivity index (χ2n) is 6.70. The molecule has 1 aromatic heterocycles. The Bertz CT molecular complexity index is 477. The fraction of sp³-hybridized carbons (Fsp3) is 0.812. The minimum atomic E-state index is -4.07. The summed E-state index contributed by atoms with van der Waals surface area (Å²) in [5.74, 6) is -1.17. The third-order valence-corrected chi connectivity index (χ3v) is 5.07. The van der Waals surface area contributed by atoms with Crippen LogP contribution in [0.2, 0.25) is 0 Å². The Morgan fingerprint density at radius 3 is 2.59 bits per heavy atom. The molecule has 0 amide bonds. The number of piperidine rings is 1. The summed E-state index contributed by atoms with van der Waals surface area (Å²) in [5.41, 5.74) is 1.06. The van der Waals surface area contributed by atoms with E-state index in [1.54, 1.807) is 0 Å². The number of alkyl halides is 3. The summed E-state index contributed by atoms with van der Waals surface area (Å²) in [6.07, 6.45) is 6.60. The van der Waals surface area contributed by atoms with E-state index >= 15 is 0 Å². The summed E-state index contributed by atoms with van der Waals surface area (Å²) in [7, 11) is 0. The molecule has 1 saturated heterocycles. The van der Waals surface area contributed by atoms with E-state index in [1.807, 2.05) is 17.4 Å². The van der Waals surface area contributed by atoms with Crippen molar-refractivity contribution in [3.63, 3.8) is 0 Å². The first-order valence-electron chi connectivity index (χ1n) is 8.34. The number of imidazole rings is 1. The molecule has 3 nitrogen and oxygen atoms in total. The molecule has 0 N–H and O–H groups in total. The molecule has 0 bridgehead atoms. The Labute approximate surface area is 129 Å².